The van der Waals surface area contributed by atoms with E-state index in [9.17, 15) is 0 Å². The SMILES string of the molecule is C#CCCSc1cc2ccccc2[nH]1. The van der Waals surface area contributed by atoms with Crippen LogP contribution in [-0.2, 0) is 0 Å². The molecule has 70 valence electrons. The largest absolute Gasteiger partial charge is 0.350 e. The molecule has 1 aromatic heterocycles. The summed E-state index contributed by atoms with van der Waals surface area (Å²) in [5.74, 6) is 3.61. The lowest BCUT2D eigenvalue weighted by Crippen LogP contribution is -1.75. The fourth-order valence-corrected chi connectivity index (χ4v) is 2.18. The Balaban J connectivity index is 2.15. The number of rotatable bonds is 3. The van der Waals surface area contributed by atoms with Crippen molar-refractivity contribution in [1.82, 2.24) is 4.98 Å². The Morgan fingerprint density at radius 1 is 1.36 bits per heavy atom. The van der Waals surface area contributed by atoms with E-state index in [0.717, 1.165) is 12.2 Å². The van der Waals surface area contributed by atoms with Crippen LogP contribution in [0.1, 0.15) is 6.42 Å². The van der Waals surface area contributed by atoms with E-state index in [4.69, 9.17) is 6.42 Å². The van der Waals surface area contributed by atoms with Crippen molar-refractivity contribution in [2.75, 3.05) is 5.75 Å². The van der Waals surface area contributed by atoms with Gasteiger partial charge in [-0.3, -0.25) is 0 Å². The molecular weight excluding hydrogens is 190 g/mol. The van der Waals surface area contributed by atoms with Crippen LogP contribution in [0.2, 0.25) is 0 Å². The molecule has 0 atom stereocenters. The van der Waals surface area contributed by atoms with Gasteiger partial charge in [0.1, 0.15) is 0 Å². The minimum absolute atomic E-state index is 0.819. The summed E-state index contributed by atoms with van der Waals surface area (Å²) < 4.78 is 0. The number of terminal acetylenes is 1. The van der Waals surface area contributed by atoms with Gasteiger partial charge in [0.2, 0.25) is 0 Å². The van der Waals surface area contributed by atoms with Crippen LogP contribution in [0.15, 0.2) is 35.4 Å². The third-order valence-corrected chi connectivity index (χ3v) is 2.95. The number of fused-ring (bicyclic) bond motifs is 1. The zero-order valence-electron chi connectivity index (χ0n) is 7.79. The van der Waals surface area contributed by atoms with Gasteiger partial charge in [-0.15, -0.1) is 24.1 Å². The van der Waals surface area contributed by atoms with E-state index in [1.54, 1.807) is 11.8 Å². The Morgan fingerprint density at radius 3 is 3.00 bits per heavy atom. The fraction of sp³-hybridized carbons (Fsp3) is 0.167. The van der Waals surface area contributed by atoms with E-state index in [0.29, 0.717) is 0 Å². The number of aromatic nitrogens is 1. The molecule has 14 heavy (non-hydrogen) atoms. The Labute approximate surface area is 87.9 Å². The van der Waals surface area contributed by atoms with E-state index in [1.165, 1.54) is 15.9 Å². The van der Waals surface area contributed by atoms with Crippen LogP contribution in [0, 0.1) is 12.3 Å². The van der Waals surface area contributed by atoms with Gasteiger partial charge in [-0.25, -0.2) is 0 Å². The molecule has 0 bridgehead atoms. The van der Waals surface area contributed by atoms with E-state index < -0.39 is 0 Å². The zero-order chi connectivity index (χ0) is 9.80. The van der Waals surface area contributed by atoms with Crippen molar-refractivity contribution in [1.29, 1.82) is 0 Å². The quantitative estimate of drug-likeness (QED) is 0.458. The first kappa shape index (κ1) is 9.23. The average molecular weight is 201 g/mol. The number of benzene rings is 1. The normalized spacial score (nSPS) is 10.2. The summed E-state index contributed by atoms with van der Waals surface area (Å²) >= 11 is 1.77. The zero-order valence-corrected chi connectivity index (χ0v) is 8.60. The fourth-order valence-electron chi connectivity index (χ4n) is 1.34. The molecule has 1 aromatic carbocycles. The lowest BCUT2D eigenvalue weighted by Gasteiger charge is -1.92. The van der Waals surface area contributed by atoms with Gasteiger partial charge in [0.05, 0.1) is 5.03 Å². The minimum Gasteiger partial charge on any atom is -0.350 e. The van der Waals surface area contributed by atoms with Crippen LogP contribution < -0.4 is 0 Å². The third-order valence-electron chi connectivity index (χ3n) is 2.01. The van der Waals surface area contributed by atoms with Crippen LogP contribution in [-0.4, -0.2) is 10.7 Å². The van der Waals surface area contributed by atoms with Crippen molar-refractivity contribution >= 4 is 22.7 Å². The van der Waals surface area contributed by atoms with Gasteiger partial charge in [0.25, 0.3) is 0 Å². The van der Waals surface area contributed by atoms with Gasteiger partial charge >= 0.3 is 0 Å². The van der Waals surface area contributed by atoms with Crippen molar-refractivity contribution in [3.8, 4) is 12.3 Å². The number of hydrogen-bond donors (Lipinski definition) is 1. The van der Waals surface area contributed by atoms with E-state index in [-0.39, 0.29) is 0 Å². The molecule has 1 N–H and O–H groups in total. The Kier molecular flexibility index (Phi) is 2.81. The van der Waals surface area contributed by atoms with Crippen LogP contribution in [0.3, 0.4) is 0 Å². The third kappa shape index (κ3) is 1.94. The average Bonchev–Trinajstić information content (AvgIpc) is 2.60. The van der Waals surface area contributed by atoms with Crippen LogP contribution >= 0.6 is 11.8 Å². The summed E-state index contributed by atoms with van der Waals surface area (Å²) in [6.07, 6.45) is 6.01. The highest BCUT2D eigenvalue weighted by Gasteiger charge is 1.98. The van der Waals surface area contributed by atoms with Gasteiger partial charge in [-0.1, -0.05) is 18.2 Å². The molecule has 1 heterocycles. The molecule has 0 amide bonds. The number of aromatic amines is 1. The van der Waals surface area contributed by atoms with Crippen molar-refractivity contribution < 1.29 is 0 Å². The van der Waals surface area contributed by atoms with Crippen molar-refractivity contribution in [3.63, 3.8) is 0 Å². The first-order valence-electron chi connectivity index (χ1n) is 4.54. The van der Waals surface area contributed by atoms with Gasteiger partial charge in [0, 0.05) is 23.1 Å². The molecule has 1 nitrogen and oxygen atoms in total. The Bertz CT molecular complexity index is 431. The highest BCUT2D eigenvalue weighted by atomic mass is 32.2. The molecule has 0 spiro atoms. The predicted octanol–water partition coefficient (Wildman–Crippen LogP) is 3.28. The number of nitrogens with one attached hydrogen (secondary N) is 1. The minimum atomic E-state index is 0.819. The molecule has 2 heteroatoms. The number of H-pyrrole nitrogens is 1. The van der Waals surface area contributed by atoms with Crippen LogP contribution in [0.5, 0.6) is 0 Å². The molecule has 0 saturated heterocycles. The summed E-state index contributed by atoms with van der Waals surface area (Å²) in [5, 5.41) is 2.46. The van der Waals surface area contributed by atoms with Gasteiger partial charge in [-0.05, 0) is 12.1 Å². The molecular formula is C12H11NS. The van der Waals surface area contributed by atoms with Gasteiger partial charge in [0.15, 0.2) is 0 Å². The van der Waals surface area contributed by atoms with Gasteiger partial charge < -0.3 is 4.98 Å². The standard InChI is InChI=1S/C12H11NS/c1-2-3-8-14-12-9-10-6-4-5-7-11(10)13-12/h1,4-7,9,13H,3,8H2. The van der Waals surface area contributed by atoms with E-state index >= 15 is 0 Å². The van der Waals surface area contributed by atoms with Crippen molar-refractivity contribution in [3.05, 3.63) is 30.3 Å². The molecule has 0 aliphatic rings. The summed E-state index contributed by atoms with van der Waals surface area (Å²) in [6.45, 7) is 0. The Hall–Kier alpha value is -1.33. The lowest BCUT2D eigenvalue weighted by molar-refractivity contribution is 1.22. The molecule has 0 saturated carbocycles. The van der Waals surface area contributed by atoms with E-state index in [2.05, 4.69) is 29.1 Å². The maximum Gasteiger partial charge on any atom is 0.0732 e. The number of para-hydroxylation sites is 1. The summed E-state index contributed by atoms with van der Waals surface area (Å²) in [5.41, 5.74) is 1.19. The predicted molar refractivity (Wildman–Crippen MR) is 62.5 cm³/mol. The summed E-state index contributed by atoms with van der Waals surface area (Å²) in [4.78, 5) is 3.35. The molecule has 0 fully saturated rings. The van der Waals surface area contributed by atoms with Crippen molar-refractivity contribution in [2.45, 2.75) is 11.4 Å². The maximum atomic E-state index is 5.19. The maximum absolute atomic E-state index is 5.19. The van der Waals surface area contributed by atoms with Crippen LogP contribution in [0.25, 0.3) is 10.9 Å². The first-order chi connectivity index (χ1) is 6.90. The molecule has 2 aromatic rings. The second-order valence-corrected chi connectivity index (χ2v) is 4.16. The first-order valence-corrected chi connectivity index (χ1v) is 5.53. The smallest absolute Gasteiger partial charge is 0.0732 e. The summed E-state index contributed by atoms with van der Waals surface area (Å²) in [6, 6.07) is 10.4. The molecule has 0 aliphatic heterocycles. The highest BCUT2D eigenvalue weighted by molar-refractivity contribution is 7.99. The molecule has 2 rings (SSSR count). The Morgan fingerprint density at radius 2 is 2.21 bits per heavy atom. The van der Waals surface area contributed by atoms with E-state index in [1.807, 2.05) is 12.1 Å². The van der Waals surface area contributed by atoms with Gasteiger partial charge in [-0.2, -0.15) is 0 Å². The lowest BCUT2D eigenvalue weighted by atomic mass is 10.3. The monoisotopic (exact) mass is 201 g/mol. The molecule has 0 radical (unpaired) electrons. The second-order valence-electron chi connectivity index (χ2n) is 3.02. The highest BCUT2D eigenvalue weighted by Crippen LogP contribution is 2.23. The van der Waals surface area contributed by atoms with Crippen LogP contribution in [0.4, 0.5) is 0 Å². The summed E-state index contributed by atoms with van der Waals surface area (Å²) in [7, 11) is 0. The molecule has 0 unspecified atom stereocenters. The number of hydrogen-bond acceptors (Lipinski definition) is 1. The number of thioether (sulfide) groups is 1. The molecule has 0 aliphatic carbocycles. The topological polar surface area (TPSA) is 15.8 Å². The van der Waals surface area contributed by atoms with Crippen molar-refractivity contribution in [2.24, 2.45) is 0 Å². The second kappa shape index (κ2) is 4.26.